The molecule has 0 radical (unpaired) electrons. The van der Waals surface area contributed by atoms with E-state index in [9.17, 15) is 26.3 Å². The first kappa shape index (κ1) is 23.1. The van der Waals surface area contributed by atoms with Gasteiger partial charge in [0.15, 0.2) is 0 Å². The molecule has 4 aromatic carbocycles. The fourth-order valence-electron chi connectivity index (χ4n) is 4.27. The van der Waals surface area contributed by atoms with Crippen LogP contribution < -0.4 is 0 Å². The molecule has 0 N–H and O–H groups in total. The Morgan fingerprint density at radius 3 is 1.97 bits per heavy atom. The van der Waals surface area contributed by atoms with Crippen LogP contribution in [0, 0.1) is 17.5 Å². The number of unbranched alkanes of at least 4 members (excludes halogenated alkanes) is 3. The highest BCUT2D eigenvalue weighted by Gasteiger charge is 2.38. The maximum absolute atomic E-state index is 15.0. The highest BCUT2D eigenvalue weighted by atomic mass is 19.4. The Morgan fingerprint density at radius 2 is 1.33 bits per heavy atom. The van der Waals surface area contributed by atoms with E-state index >= 15 is 0 Å². The number of rotatable bonds is 6. The summed E-state index contributed by atoms with van der Waals surface area (Å²) in [6.07, 6.45) is 0.431. The van der Waals surface area contributed by atoms with Gasteiger partial charge in [-0.15, -0.1) is 0 Å². The number of hydrogen-bond donors (Lipinski definition) is 0. The number of aryl methyl sites for hydroxylation is 1. The third-order valence-electron chi connectivity index (χ3n) is 5.94. The highest BCUT2D eigenvalue weighted by Crippen LogP contribution is 2.38. The lowest BCUT2D eigenvalue weighted by Gasteiger charge is -2.13. The third kappa shape index (κ3) is 4.70. The molecule has 0 unspecified atom stereocenters. The zero-order chi connectivity index (χ0) is 23.8. The van der Waals surface area contributed by atoms with E-state index in [0.717, 1.165) is 23.6 Å². The molecule has 0 saturated carbocycles. The zero-order valence-corrected chi connectivity index (χ0v) is 18.0. The normalized spacial score (nSPS) is 12.1. The molecule has 0 amide bonds. The van der Waals surface area contributed by atoms with Gasteiger partial charge in [0, 0.05) is 5.56 Å². The number of alkyl halides is 3. The van der Waals surface area contributed by atoms with Crippen molar-refractivity contribution >= 4 is 21.5 Å². The SMILES string of the molecule is CCCCCCc1ccc2c(ccc3cc(-c4cc(F)c(C(F)(F)F)c(F)c4)c(F)cc32)c1. The van der Waals surface area contributed by atoms with Crippen LogP contribution in [0.1, 0.15) is 43.7 Å². The van der Waals surface area contributed by atoms with Gasteiger partial charge in [-0.05, 0) is 69.8 Å². The average molecular weight is 460 g/mol. The Balaban J connectivity index is 1.74. The van der Waals surface area contributed by atoms with Crippen molar-refractivity contribution in [2.75, 3.05) is 0 Å². The maximum atomic E-state index is 15.0. The summed E-state index contributed by atoms with van der Waals surface area (Å²) >= 11 is 0. The van der Waals surface area contributed by atoms with Gasteiger partial charge >= 0.3 is 6.18 Å². The van der Waals surface area contributed by atoms with Crippen molar-refractivity contribution in [1.29, 1.82) is 0 Å². The van der Waals surface area contributed by atoms with Gasteiger partial charge in [-0.25, -0.2) is 13.2 Å². The van der Waals surface area contributed by atoms with Crippen LogP contribution in [0.5, 0.6) is 0 Å². The van der Waals surface area contributed by atoms with Gasteiger partial charge in [-0.1, -0.05) is 56.5 Å². The fourth-order valence-corrected chi connectivity index (χ4v) is 4.27. The van der Waals surface area contributed by atoms with Crippen LogP contribution in [0.25, 0.3) is 32.7 Å². The number of fused-ring (bicyclic) bond motifs is 3. The van der Waals surface area contributed by atoms with Crippen molar-refractivity contribution in [2.45, 2.75) is 45.2 Å². The molecule has 6 heteroatoms. The summed E-state index contributed by atoms with van der Waals surface area (Å²) in [6.45, 7) is 2.16. The molecule has 4 rings (SSSR count). The van der Waals surface area contributed by atoms with E-state index in [1.807, 2.05) is 18.2 Å². The van der Waals surface area contributed by atoms with Crippen molar-refractivity contribution in [2.24, 2.45) is 0 Å². The lowest BCUT2D eigenvalue weighted by molar-refractivity contribution is -0.142. The maximum Gasteiger partial charge on any atom is 0.422 e. The Morgan fingerprint density at radius 1 is 0.667 bits per heavy atom. The van der Waals surface area contributed by atoms with E-state index in [4.69, 9.17) is 0 Å². The molecule has 0 fully saturated rings. The second-order valence-electron chi connectivity index (χ2n) is 8.30. The van der Waals surface area contributed by atoms with Crippen LogP contribution in [0.2, 0.25) is 0 Å². The molecule has 4 aromatic rings. The van der Waals surface area contributed by atoms with Gasteiger partial charge in [0.05, 0.1) is 0 Å². The molecule has 0 aliphatic carbocycles. The van der Waals surface area contributed by atoms with Crippen LogP contribution in [0.3, 0.4) is 0 Å². The summed E-state index contributed by atoms with van der Waals surface area (Å²) in [5.74, 6) is -4.32. The Hall–Kier alpha value is -3.02. The number of benzene rings is 4. The summed E-state index contributed by atoms with van der Waals surface area (Å²) in [5, 5.41) is 3.03. The molecular weight excluding hydrogens is 438 g/mol. The summed E-state index contributed by atoms with van der Waals surface area (Å²) in [5.41, 5.74) is -1.24. The lowest BCUT2D eigenvalue weighted by atomic mass is 9.94. The zero-order valence-electron chi connectivity index (χ0n) is 18.0. The van der Waals surface area contributed by atoms with Crippen molar-refractivity contribution in [3.05, 3.63) is 83.2 Å². The van der Waals surface area contributed by atoms with Gasteiger partial charge < -0.3 is 0 Å². The van der Waals surface area contributed by atoms with Gasteiger partial charge in [-0.2, -0.15) is 13.2 Å². The largest absolute Gasteiger partial charge is 0.422 e. The first-order chi connectivity index (χ1) is 15.7. The molecule has 0 bridgehead atoms. The molecule has 0 spiro atoms. The topological polar surface area (TPSA) is 0 Å². The summed E-state index contributed by atoms with van der Waals surface area (Å²) in [7, 11) is 0. The molecule has 0 aliphatic rings. The van der Waals surface area contributed by atoms with Crippen molar-refractivity contribution in [1.82, 2.24) is 0 Å². The standard InChI is InChI=1S/C27H22F6/c1-2-3-4-5-6-16-7-10-20-17(11-16)8-9-18-12-22(23(28)15-21(18)20)19-13-24(29)26(25(30)14-19)27(31,32)33/h7-15H,2-6H2,1H3. The van der Waals surface area contributed by atoms with Crippen LogP contribution in [0.15, 0.2) is 54.6 Å². The smallest absolute Gasteiger partial charge is 0.206 e. The Bertz CT molecular complexity index is 1300. The third-order valence-corrected chi connectivity index (χ3v) is 5.94. The van der Waals surface area contributed by atoms with Gasteiger partial charge in [-0.3, -0.25) is 0 Å². The van der Waals surface area contributed by atoms with Gasteiger partial charge in [0.2, 0.25) is 0 Å². The fraction of sp³-hybridized carbons (Fsp3) is 0.259. The first-order valence-electron chi connectivity index (χ1n) is 10.9. The lowest BCUT2D eigenvalue weighted by Crippen LogP contribution is -2.11. The minimum Gasteiger partial charge on any atom is -0.206 e. The molecule has 0 heterocycles. The van der Waals surface area contributed by atoms with Gasteiger partial charge in [0.1, 0.15) is 23.0 Å². The summed E-state index contributed by atoms with van der Waals surface area (Å²) in [4.78, 5) is 0. The molecule has 0 nitrogen and oxygen atoms in total. The minimum absolute atomic E-state index is 0.166. The Kier molecular flexibility index (Phi) is 6.37. The van der Waals surface area contributed by atoms with E-state index in [0.29, 0.717) is 22.9 Å². The second-order valence-corrected chi connectivity index (χ2v) is 8.30. The summed E-state index contributed by atoms with van der Waals surface area (Å²) < 4.78 is 81.6. The van der Waals surface area contributed by atoms with E-state index < -0.39 is 29.2 Å². The van der Waals surface area contributed by atoms with Crippen LogP contribution in [-0.4, -0.2) is 0 Å². The second kappa shape index (κ2) is 9.08. The minimum atomic E-state index is -5.18. The molecule has 0 aliphatic heterocycles. The quantitative estimate of drug-likeness (QED) is 0.153. The molecule has 172 valence electrons. The van der Waals surface area contributed by atoms with Crippen molar-refractivity contribution in [3.63, 3.8) is 0 Å². The van der Waals surface area contributed by atoms with E-state index in [-0.39, 0.29) is 11.1 Å². The van der Waals surface area contributed by atoms with Crippen molar-refractivity contribution < 1.29 is 26.3 Å². The predicted molar refractivity (Wildman–Crippen MR) is 120 cm³/mol. The highest BCUT2D eigenvalue weighted by molar-refractivity contribution is 6.08. The molecule has 0 saturated heterocycles. The van der Waals surface area contributed by atoms with Crippen LogP contribution in [-0.2, 0) is 12.6 Å². The summed E-state index contributed by atoms with van der Waals surface area (Å²) in [6, 6.07) is 13.4. The monoisotopic (exact) mass is 460 g/mol. The number of hydrogen-bond acceptors (Lipinski definition) is 0. The van der Waals surface area contributed by atoms with E-state index in [1.54, 1.807) is 6.07 Å². The van der Waals surface area contributed by atoms with Crippen molar-refractivity contribution in [3.8, 4) is 11.1 Å². The van der Waals surface area contributed by atoms with Crippen LogP contribution in [0.4, 0.5) is 26.3 Å². The van der Waals surface area contributed by atoms with E-state index in [2.05, 4.69) is 13.0 Å². The van der Waals surface area contributed by atoms with E-state index in [1.165, 1.54) is 37.0 Å². The molecular formula is C27H22F6. The number of halogens is 6. The average Bonchev–Trinajstić information content (AvgIpc) is 2.74. The predicted octanol–water partition coefficient (Wildman–Crippen LogP) is 9.22. The molecule has 0 atom stereocenters. The van der Waals surface area contributed by atoms with Crippen LogP contribution >= 0.6 is 0 Å². The molecule has 0 aromatic heterocycles. The Labute approximate surface area is 187 Å². The van der Waals surface area contributed by atoms with Gasteiger partial charge in [0.25, 0.3) is 0 Å². The first-order valence-corrected chi connectivity index (χ1v) is 10.9. The molecule has 33 heavy (non-hydrogen) atoms.